The highest BCUT2D eigenvalue weighted by molar-refractivity contribution is 9.10. The fourth-order valence-electron chi connectivity index (χ4n) is 2.08. The second-order valence-electron chi connectivity index (χ2n) is 5.20. The van der Waals surface area contributed by atoms with Crippen LogP contribution in [-0.2, 0) is 21.2 Å². The summed E-state index contributed by atoms with van der Waals surface area (Å²) in [5.41, 5.74) is 2.63. The van der Waals surface area contributed by atoms with Gasteiger partial charge in [-0.05, 0) is 54.8 Å². The average Bonchev–Trinajstić information content (AvgIpc) is 2.47. The van der Waals surface area contributed by atoms with Gasteiger partial charge >= 0.3 is 0 Å². The molecule has 0 aliphatic heterocycles. The van der Waals surface area contributed by atoms with E-state index in [4.69, 9.17) is 5.14 Å². The molecule has 0 fully saturated rings. The average molecular weight is 397 g/mol. The van der Waals surface area contributed by atoms with Gasteiger partial charge in [-0.25, -0.2) is 13.6 Å². The Kier molecular flexibility index (Phi) is 5.56. The van der Waals surface area contributed by atoms with Crippen molar-refractivity contribution in [2.24, 2.45) is 5.14 Å². The number of amides is 1. The van der Waals surface area contributed by atoms with Crippen molar-refractivity contribution in [3.8, 4) is 0 Å². The molecule has 0 bridgehead atoms. The molecule has 122 valence electrons. The zero-order chi connectivity index (χ0) is 17.0. The molecule has 0 aromatic heterocycles. The number of benzene rings is 2. The van der Waals surface area contributed by atoms with Crippen LogP contribution in [0.15, 0.2) is 51.8 Å². The Morgan fingerprint density at radius 2 is 1.83 bits per heavy atom. The Labute approximate surface area is 144 Å². The van der Waals surface area contributed by atoms with Gasteiger partial charge in [0.15, 0.2) is 0 Å². The highest BCUT2D eigenvalue weighted by atomic mass is 79.9. The lowest BCUT2D eigenvalue weighted by Gasteiger charge is -2.09. The molecule has 0 aliphatic carbocycles. The first-order valence-electron chi connectivity index (χ1n) is 6.93. The molecule has 0 aliphatic rings. The zero-order valence-electron chi connectivity index (χ0n) is 12.5. The molecule has 3 N–H and O–H groups in total. The minimum Gasteiger partial charge on any atom is -0.326 e. The summed E-state index contributed by atoms with van der Waals surface area (Å²) in [5, 5.41) is 7.91. The standard InChI is InChI=1S/C16H17BrN2O3S/c1-11-10-13(17)5-8-15(11)19-16(20)9-4-12-2-6-14(7-3-12)23(18,21)22/h2-3,5-8,10H,4,9H2,1H3,(H,19,20)(H2,18,21,22). The van der Waals surface area contributed by atoms with Gasteiger partial charge in [0.05, 0.1) is 4.90 Å². The zero-order valence-corrected chi connectivity index (χ0v) is 14.9. The molecule has 2 aromatic rings. The number of halogens is 1. The summed E-state index contributed by atoms with van der Waals surface area (Å²) < 4.78 is 23.3. The predicted molar refractivity (Wildman–Crippen MR) is 93.6 cm³/mol. The van der Waals surface area contributed by atoms with Gasteiger partial charge in [-0.3, -0.25) is 4.79 Å². The molecule has 0 unspecified atom stereocenters. The third kappa shape index (κ3) is 5.16. The summed E-state index contributed by atoms with van der Waals surface area (Å²) in [5.74, 6) is -0.0917. The van der Waals surface area contributed by atoms with E-state index in [-0.39, 0.29) is 10.8 Å². The van der Waals surface area contributed by atoms with E-state index in [1.54, 1.807) is 12.1 Å². The predicted octanol–water partition coefficient (Wildman–Crippen LogP) is 2.98. The van der Waals surface area contributed by atoms with Crippen LogP contribution in [0.25, 0.3) is 0 Å². The number of primary sulfonamides is 1. The highest BCUT2D eigenvalue weighted by Crippen LogP contribution is 2.20. The van der Waals surface area contributed by atoms with Crippen molar-refractivity contribution in [1.82, 2.24) is 0 Å². The number of carbonyl (C=O) groups excluding carboxylic acids is 1. The fraction of sp³-hybridized carbons (Fsp3) is 0.188. The van der Waals surface area contributed by atoms with Gasteiger partial charge in [-0.15, -0.1) is 0 Å². The number of nitrogens with one attached hydrogen (secondary N) is 1. The Bertz CT molecular complexity index is 818. The molecule has 1 amide bonds. The van der Waals surface area contributed by atoms with Crippen molar-refractivity contribution in [2.45, 2.75) is 24.7 Å². The SMILES string of the molecule is Cc1cc(Br)ccc1NC(=O)CCc1ccc(S(N)(=O)=O)cc1. The van der Waals surface area contributed by atoms with E-state index in [9.17, 15) is 13.2 Å². The number of aryl methyl sites for hydroxylation is 2. The van der Waals surface area contributed by atoms with Crippen molar-refractivity contribution < 1.29 is 13.2 Å². The molecule has 5 nitrogen and oxygen atoms in total. The molecule has 0 spiro atoms. The van der Waals surface area contributed by atoms with Crippen LogP contribution in [0.1, 0.15) is 17.5 Å². The van der Waals surface area contributed by atoms with Gasteiger partial charge in [0.25, 0.3) is 0 Å². The number of sulfonamides is 1. The van der Waals surface area contributed by atoms with Crippen LogP contribution >= 0.6 is 15.9 Å². The minimum atomic E-state index is -3.68. The smallest absolute Gasteiger partial charge is 0.238 e. The molecule has 0 heterocycles. The molecular formula is C16H17BrN2O3S. The van der Waals surface area contributed by atoms with E-state index in [1.807, 2.05) is 25.1 Å². The van der Waals surface area contributed by atoms with Crippen molar-refractivity contribution >= 4 is 37.5 Å². The van der Waals surface area contributed by atoms with Crippen LogP contribution in [0.4, 0.5) is 5.69 Å². The lowest BCUT2D eigenvalue weighted by Crippen LogP contribution is -2.13. The van der Waals surface area contributed by atoms with E-state index in [0.717, 1.165) is 21.3 Å². The number of hydrogen-bond donors (Lipinski definition) is 2. The molecule has 2 aromatic carbocycles. The molecule has 2 rings (SSSR count). The maximum Gasteiger partial charge on any atom is 0.238 e. The Morgan fingerprint density at radius 3 is 2.39 bits per heavy atom. The number of hydrogen-bond acceptors (Lipinski definition) is 3. The summed E-state index contributed by atoms with van der Waals surface area (Å²) in [7, 11) is -3.68. The summed E-state index contributed by atoms with van der Waals surface area (Å²) in [6.45, 7) is 1.92. The molecule has 23 heavy (non-hydrogen) atoms. The van der Waals surface area contributed by atoms with Gasteiger partial charge in [0.2, 0.25) is 15.9 Å². The lowest BCUT2D eigenvalue weighted by molar-refractivity contribution is -0.116. The van der Waals surface area contributed by atoms with Crippen LogP contribution in [0.2, 0.25) is 0 Å². The number of nitrogens with two attached hydrogens (primary N) is 1. The summed E-state index contributed by atoms with van der Waals surface area (Å²) in [6, 6.07) is 11.9. The summed E-state index contributed by atoms with van der Waals surface area (Å²) >= 11 is 3.38. The first-order valence-corrected chi connectivity index (χ1v) is 9.27. The second-order valence-corrected chi connectivity index (χ2v) is 7.67. The van der Waals surface area contributed by atoms with Gasteiger partial charge in [0.1, 0.15) is 0 Å². The molecule has 7 heteroatoms. The summed E-state index contributed by atoms with van der Waals surface area (Å²) in [6.07, 6.45) is 0.830. The maximum absolute atomic E-state index is 12.0. The minimum absolute atomic E-state index is 0.0659. The molecule has 0 saturated heterocycles. The van der Waals surface area contributed by atoms with E-state index >= 15 is 0 Å². The maximum atomic E-state index is 12.0. The molecule has 0 saturated carbocycles. The van der Waals surface area contributed by atoms with Gasteiger partial charge in [0, 0.05) is 16.6 Å². The molecule has 0 atom stereocenters. The Morgan fingerprint density at radius 1 is 1.17 bits per heavy atom. The number of anilines is 1. The van der Waals surface area contributed by atoms with Crippen LogP contribution < -0.4 is 10.5 Å². The van der Waals surface area contributed by atoms with Gasteiger partial charge in [-0.1, -0.05) is 28.1 Å². The molecule has 0 radical (unpaired) electrons. The van der Waals surface area contributed by atoms with E-state index in [2.05, 4.69) is 21.2 Å². The quantitative estimate of drug-likeness (QED) is 0.813. The first kappa shape index (κ1) is 17.7. The van der Waals surface area contributed by atoms with Crippen molar-refractivity contribution in [3.05, 3.63) is 58.1 Å². The largest absolute Gasteiger partial charge is 0.326 e. The van der Waals surface area contributed by atoms with Gasteiger partial charge < -0.3 is 5.32 Å². The molecular weight excluding hydrogens is 380 g/mol. The monoisotopic (exact) mass is 396 g/mol. The highest BCUT2D eigenvalue weighted by Gasteiger charge is 2.08. The van der Waals surface area contributed by atoms with Crippen LogP contribution in [0.5, 0.6) is 0 Å². The summed E-state index contributed by atoms with van der Waals surface area (Å²) in [4.78, 5) is 12.1. The number of carbonyl (C=O) groups is 1. The van der Waals surface area contributed by atoms with Crippen molar-refractivity contribution in [2.75, 3.05) is 5.32 Å². The van der Waals surface area contributed by atoms with Crippen molar-refractivity contribution in [3.63, 3.8) is 0 Å². The topological polar surface area (TPSA) is 89.3 Å². The third-order valence-electron chi connectivity index (χ3n) is 3.36. The van der Waals surface area contributed by atoms with Crippen molar-refractivity contribution in [1.29, 1.82) is 0 Å². The first-order chi connectivity index (χ1) is 10.8. The Hall–Kier alpha value is -1.70. The number of rotatable bonds is 5. The second kappa shape index (κ2) is 7.25. The van der Waals surface area contributed by atoms with Crippen LogP contribution in [0.3, 0.4) is 0 Å². The van der Waals surface area contributed by atoms with E-state index in [1.165, 1.54) is 12.1 Å². The normalized spacial score (nSPS) is 11.3. The Balaban J connectivity index is 1.94. The van der Waals surface area contributed by atoms with Crippen LogP contribution in [-0.4, -0.2) is 14.3 Å². The third-order valence-corrected chi connectivity index (χ3v) is 4.78. The van der Waals surface area contributed by atoms with E-state index in [0.29, 0.717) is 12.8 Å². The van der Waals surface area contributed by atoms with E-state index < -0.39 is 10.0 Å². The van der Waals surface area contributed by atoms with Gasteiger partial charge in [-0.2, -0.15) is 0 Å². The van der Waals surface area contributed by atoms with Crippen LogP contribution in [0, 0.1) is 6.92 Å². The lowest BCUT2D eigenvalue weighted by atomic mass is 10.1. The fourth-order valence-corrected chi connectivity index (χ4v) is 3.07.